The summed E-state index contributed by atoms with van der Waals surface area (Å²) in [5, 5.41) is 0. The fraction of sp³-hybridized carbons (Fsp3) is 0.474. The Kier molecular flexibility index (Phi) is 3.29. The maximum absolute atomic E-state index is 4.69. The van der Waals surface area contributed by atoms with E-state index in [-0.39, 0.29) is 0 Å². The minimum absolute atomic E-state index is 0.308. The molecule has 0 saturated heterocycles. The summed E-state index contributed by atoms with van der Waals surface area (Å²) in [7, 11) is 0. The van der Waals surface area contributed by atoms with Crippen molar-refractivity contribution in [2.45, 2.75) is 52.2 Å². The predicted molar refractivity (Wildman–Crippen MR) is 94.2 cm³/mol. The number of benzene rings is 1. The molecule has 23 heavy (non-hydrogen) atoms. The monoisotopic (exact) mass is 308 g/mol. The van der Waals surface area contributed by atoms with E-state index in [1.165, 1.54) is 11.3 Å². The van der Waals surface area contributed by atoms with E-state index in [1.54, 1.807) is 6.20 Å². The summed E-state index contributed by atoms with van der Waals surface area (Å²) in [4.78, 5) is 14.2. The zero-order chi connectivity index (χ0) is 16.1. The fourth-order valence-electron chi connectivity index (χ4n) is 4.40. The summed E-state index contributed by atoms with van der Waals surface area (Å²) in [5.74, 6) is 3.12. The van der Waals surface area contributed by atoms with Crippen LogP contribution < -0.4 is 9.80 Å². The molecule has 2 aliphatic rings. The Morgan fingerprint density at radius 2 is 1.78 bits per heavy atom. The van der Waals surface area contributed by atoms with Crippen LogP contribution in [0, 0.1) is 5.92 Å². The van der Waals surface area contributed by atoms with Crippen LogP contribution in [0.2, 0.25) is 0 Å². The van der Waals surface area contributed by atoms with Crippen LogP contribution in [-0.2, 0) is 0 Å². The summed E-state index contributed by atoms with van der Waals surface area (Å²) in [5.41, 5.74) is 2.72. The molecule has 0 spiro atoms. The Morgan fingerprint density at radius 3 is 2.48 bits per heavy atom. The highest BCUT2D eigenvalue weighted by molar-refractivity contribution is 5.81. The van der Waals surface area contributed by atoms with E-state index in [0.29, 0.717) is 24.0 Å². The molecule has 0 bridgehead atoms. The first-order valence-corrected chi connectivity index (χ1v) is 8.62. The molecule has 120 valence electrons. The number of nitrogens with zero attached hydrogens (tertiary/aromatic N) is 4. The standard InChI is InChI=1S/C19H24N4/c1-5-14-13(4)15-8-6-7-9-16(15)23-18-17(20-10-11-21-18)22(12(2)3)19(14)23/h6-14,19H,5H2,1-4H3/t13-,14?,19?/m0/s1. The second-order valence-corrected chi connectivity index (χ2v) is 6.91. The number of anilines is 3. The molecule has 1 aromatic carbocycles. The van der Waals surface area contributed by atoms with Crippen molar-refractivity contribution >= 4 is 17.3 Å². The van der Waals surface area contributed by atoms with Crippen molar-refractivity contribution in [3.63, 3.8) is 0 Å². The number of hydrogen-bond acceptors (Lipinski definition) is 4. The second-order valence-electron chi connectivity index (χ2n) is 6.91. The van der Waals surface area contributed by atoms with Gasteiger partial charge in [-0.25, -0.2) is 9.97 Å². The number of hydrogen-bond donors (Lipinski definition) is 0. The van der Waals surface area contributed by atoms with E-state index in [9.17, 15) is 0 Å². The van der Waals surface area contributed by atoms with Crippen LogP contribution in [0.4, 0.5) is 17.3 Å². The highest BCUT2D eigenvalue weighted by atomic mass is 15.5. The van der Waals surface area contributed by atoms with Crippen LogP contribution in [0.5, 0.6) is 0 Å². The normalized spacial score (nSPS) is 25.3. The third kappa shape index (κ3) is 1.90. The summed E-state index contributed by atoms with van der Waals surface area (Å²) in [6.45, 7) is 9.17. The quantitative estimate of drug-likeness (QED) is 0.827. The Bertz CT molecular complexity index is 727. The van der Waals surface area contributed by atoms with E-state index in [2.05, 4.69) is 66.7 Å². The van der Waals surface area contributed by atoms with E-state index < -0.39 is 0 Å². The van der Waals surface area contributed by atoms with Gasteiger partial charge in [-0.05, 0) is 37.8 Å². The molecule has 2 aromatic rings. The SMILES string of the molecule is CCC1C2N(c3ccccc3[C@H]1C)c1nccnc1N2C(C)C. The number of aromatic nitrogens is 2. The molecule has 0 aliphatic carbocycles. The van der Waals surface area contributed by atoms with Gasteiger partial charge in [-0.3, -0.25) is 0 Å². The van der Waals surface area contributed by atoms with Gasteiger partial charge in [0.2, 0.25) is 0 Å². The topological polar surface area (TPSA) is 32.3 Å². The van der Waals surface area contributed by atoms with E-state index in [1.807, 2.05) is 6.20 Å². The van der Waals surface area contributed by atoms with Crippen molar-refractivity contribution < 1.29 is 0 Å². The lowest BCUT2D eigenvalue weighted by Crippen LogP contribution is -2.53. The van der Waals surface area contributed by atoms with Gasteiger partial charge in [0, 0.05) is 30.0 Å². The minimum atomic E-state index is 0.308. The van der Waals surface area contributed by atoms with Gasteiger partial charge >= 0.3 is 0 Å². The van der Waals surface area contributed by atoms with E-state index in [4.69, 9.17) is 4.98 Å². The van der Waals surface area contributed by atoms with Gasteiger partial charge in [0.1, 0.15) is 6.17 Å². The first-order valence-electron chi connectivity index (χ1n) is 8.62. The summed E-state index contributed by atoms with van der Waals surface area (Å²) < 4.78 is 0. The molecule has 0 N–H and O–H groups in total. The van der Waals surface area contributed by atoms with Crippen LogP contribution in [-0.4, -0.2) is 22.2 Å². The third-order valence-electron chi connectivity index (χ3n) is 5.42. The molecule has 0 radical (unpaired) electrons. The lowest BCUT2D eigenvalue weighted by Gasteiger charge is -2.46. The molecular weight excluding hydrogens is 284 g/mol. The summed E-state index contributed by atoms with van der Waals surface area (Å²) >= 11 is 0. The van der Waals surface area contributed by atoms with Crippen LogP contribution in [0.25, 0.3) is 0 Å². The summed E-state index contributed by atoms with van der Waals surface area (Å²) in [6.07, 6.45) is 5.07. The first-order chi connectivity index (χ1) is 11.1. The number of rotatable bonds is 2. The Hall–Kier alpha value is -2.10. The Labute approximate surface area is 138 Å². The molecule has 4 heteroatoms. The molecule has 3 atom stereocenters. The maximum atomic E-state index is 4.69. The molecule has 0 saturated carbocycles. The van der Waals surface area contributed by atoms with Crippen LogP contribution in [0.3, 0.4) is 0 Å². The minimum Gasteiger partial charge on any atom is -0.330 e. The molecule has 2 unspecified atom stereocenters. The van der Waals surface area contributed by atoms with Crippen molar-refractivity contribution in [2.24, 2.45) is 5.92 Å². The van der Waals surface area contributed by atoms with Crippen molar-refractivity contribution in [3.8, 4) is 0 Å². The molecule has 3 heterocycles. The second kappa shape index (κ2) is 5.22. The van der Waals surface area contributed by atoms with Gasteiger partial charge in [0.05, 0.1) is 0 Å². The van der Waals surface area contributed by atoms with Gasteiger partial charge < -0.3 is 9.80 Å². The fourth-order valence-corrected chi connectivity index (χ4v) is 4.40. The van der Waals surface area contributed by atoms with E-state index in [0.717, 1.165) is 18.1 Å². The molecule has 0 amide bonds. The highest BCUT2D eigenvalue weighted by Crippen LogP contribution is 2.53. The lowest BCUT2D eigenvalue weighted by molar-refractivity contribution is 0.322. The molecule has 4 rings (SSSR count). The molecule has 0 fully saturated rings. The number of fused-ring (bicyclic) bond motifs is 5. The lowest BCUT2D eigenvalue weighted by atomic mass is 9.78. The van der Waals surface area contributed by atoms with Crippen LogP contribution in [0.1, 0.15) is 45.6 Å². The Morgan fingerprint density at radius 1 is 1.09 bits per heavy atom. The van der Waals surface area contributed by atoms with Crippen LogP contribution in [0.15, 0.2) is 36.7 Å². The molecule has 1 aromatic heterocycles. The average molecular weight is 308 g/mol. The van der Waals surface area contributed by atoms with Crippen LogP contribution >= 0.6 is 0 Å². The van der Waals surface area contributed by atoms with Crippen molar-refractivity contribution in [3.05, 3.63) is 42.2 Å². The zero-order valence-corrected chi connectivity index (χ0v) is 14.3. The molecule has 2 aliphatic heterocycles. The van der Waals surface area contributed by atoms with Crippen molar-refractivity contribution in [1.82, 2.24) is 9.97 Å². The largest absolute Gasteiger partial charge is 0.330 e. The van der Waals surface area contributed by atoms with Crippen molar-refractivity contribution in [2.75, 3.05) is 9.80 Å². The highest BCUT2D eigenvalue weighted by Gasteiger charge is 2.49. The van der Waals surface area contributed by atoms with Gasteiger partial charge in [-0.15, -0.1) is 0 Å². The first kappa shape index (κ1) is 14.5. The molecular formula is C19H24N4. The number of para-hydroxylation sites is 1. The molecule has 4 nitrogen and oxygen atoms in total. The smallest absolute Gasteiger partial charge is 0.178 e. The Balaban J connectivity index is 1.98. The van der Waals surface area contributed by atoms with Gasteiger partial charge in [-0.2, -0.15) is 0 Å². The van der Waals surface area contributed by atoms with Gasteiger partial charge in [0.15, 0.2) is 11.6 Å². The van der Waals surface area contributed by atoms with Gasteiger partial charge in [-0.1, -0.05) is 32.0 Å². The van der Waals surface area contributed by atoms with Crippen molar-refractivity contribution in [1.29, 1.82) is 0 Å². The predicted octanol–water partition coefficient (Wildman–Crippen LogP) is 4.31. The van der Waals surface area contributed by atoms with Gasteiger partial charge in [0.25, 0.3) is 0 Å². The maximum Gasteiger partial charge on any atom is 0.178 e. The summed E-state index contributed by atoms with van der Waals surface area (Å²) in [6, 6.07) is 9.17. The van der Waals surface area contributed by atoms with E-state index >= 15 is 0 Å². The third-order valence-corrected chi connectivity index (χ3v) is 5.42. The average Bonchev–Trinajstić information content (AvgIpc) is 2.90. The zero-order valence-electron chi connectivity index (χ0n) is 14.3.